The Hall–Kier alpha value is -1.81. The second-order valence-electron chi connectivity index (χ2n) is 4.96. The highest BCUT2D eigenvalue weighted by atomic mass is 16.3. The zero-order valence-electron chi connectivity index (χ0n) is 10.2. The molecule has 1 unspecified atom stereocenters. The Kier molecular flexibility index (Phi) is 2.80. The fourth-order valence-corrected chi connectivity index (χ4v) is 2.51. The molecule has 1 aromatic heterocycles. The predicted molar refractivity (Wildman–Crippen MR) is 69.5 cm³/mol. The summed E-state index contributed by atoms with van der Waals surface area (Å²) in [5.74, 6) is 1.26. The Morgan fingerprint density at radius 3 is 3.17 bits per heavy atom. The van der Waals surface area contributed by atoms with Gasteiger partial charge in [-0.25, -0.2) is 4.98 Å². The number of nitrogens with two attached hydrogens (primary N) is 1. The van der Waals surface area contributed by atoms with Crippen LogP contribution in [-0.4, -0.2) is 21.1 Å². The van der Waals surface area contributed by atoms with Crippen molar-refractivity contribution >= 4 is 0 Å². The molecule has 4 heteroatoms. The van der Waals surface area contributed by atoms with E-state index in [4.69, 9.17) is 5.73 Å². The number of benzene rings is 1. The van der Waals surface area contributed by atoms with Gasteiger partial charge in [0.05, 0.1) is 5.69 Å². The largest absolute Gasteiger partial charge is 0.508 e. The Bertz CT molecular complexity index is 562. The number of hydrogen-bond acceptors (Lipinski definition) is 3. The zero-order chi connectivity index (χ0) is 12.5. The number of aromatic nitrogens is 2. The molecule has 18 heavy (non-hydrogen) atoms. The topological polar surface area (TPSA) is 74.9 Å². The number of aromatic hydroxyl groups is 1. The number of hydrogen-bond donors (Lipinski definition) is 3. The molecule has 0 spiro atoms. The molecule has 1 aliphatic carbocycles. The Labute approximate surface area is 106 Å². The van der Waals surface area contributed by atoms with E-state index in [2.05, 4.69) is 9.97 Å². The second kappa shape index (κ2) is 4.46. The maximum absolute atomic E-state index is 9.44. The van der Waals surface area contributed by atoms with Crippen molar-refractivity contribution in [3.8, 4) is 5.75 Å². The lowest BCUT2D eigenvalue weighted by atomic mass is 9.97. The minimum Gasteiger partial charge on any atom is -0.508 e. The molecule has 2 aromatic rings. The van der Waals surface area contributed by atoms with Gasteiger partial charge in [0.1, 0.15) is 11.6 Å². The van der Waals surface area contributed by atoms with Crippen molar-refractivity contribution in [2.75, 3.05) is 0 Å². The van der Waals surface area contributed by atoms with Crippen molar-refractivity contribution in [2.45, 2.75) is 31.7 Å². The van der Waals surface area contributed by atoms with Crippen LogP contribution in [0.3, 0.4) is 0 Å². The van der Waals surface area contributed by atoms with E-state index in [0.717, 1.165) is 42.8 Å². The van der Waals surface area contributed by atoms with E-state index >= 15 is 0 Å². The van der Waals surface area contributed by atoms with E-state index in [9.17, 15) is 5.11 Å². The average molecular weight is 243 g/mol. The van der Waals surface area contributed by atoms with Gasteiger partial charge in [-0.2, -0.15) is 0 Å². The Morgan fingerprint density at radius 1 is 1.44 bits per heavy atom. The molecule has 3 rings (SSSR count). The van der Waals surface area contributed by atoms with Crippen molar-refractivity contribution < 1.29 is 5.11 Å². The third-order valence-electron chi connectivity index (χ3n) is 3.41. The Morgan fingerprint density at radius 2 is 2.33 bits per heavy atom. The van der Waals surface area contributed by atoms with Crippen LogP contribution in [0.2, 0.25) is 0 Å². The average Bonchev–Trinajstić information content (AvgIpc) is 2.70. The SMILES string of the molecule is NC1CCc2nc(Cc3cccc(O)c3)[nH]c2C1. The molecule has 0 aliphatic heterocycles. The summed E-state index contributed by atoms with van der Waals surface area (Å²) >= 11 is 0. The first-order valence-electron chi connectivity index (χ1n) is 6.31. The Balaban J connectivity index is 1.82. The van der Waals surface area contributed by atoms with Crippen LogP contribution in [0.4, 0.5) is 0 Å². The van der Waals surface area contributed by atoms with Gasteiger partial charge in [0.15, 0.2) is 0 Å². The summed E-state index contributed by atoms with van der Waals surface area (Å²) in [4.78, 5) is 7.98. The van der Waals surface area contributed by atoms with Gasteiger partial charge in [0.25, 0.3) is 0 Å². The molecule has 94 valence electrons. The molecule has 1 aromatic carbocycles. The van der Waals surface area contributed by atoms with Gasteiger partial charge in [-0.05, 0) is 30.5 Å². The maximum Gasteiger partial charge on any atom is 0.115 e. The fraction of sp³-hybridized carbons (Fsp3) is 0.357. The summed E-state index contributed by atoms with van der Waals surface area (Å²) in [5, 5.41) is 9.44. The number of phenols is 1. The molecule has 0 saturated heterocycles. The molecule has 4 N–H and O–H groups in total. The molecular formula is C14H17N3O. The number of nitrogens with zero attached hydrogens (tertiary/aromatic N) is 1. The van der Waals surface area contributed by atoms with E-state index in [0.29, 0.717) is 5.75 Å². The van der Waals surface area contributed by atoms with Gasteiger partial charge in [-0.3, -0.25) is 0 Å². The maximum atomic E-state index is 9.44. The second-order valence-corrected chi connectivity index (χ2v) is 4.96. The first-order valence-corrected chi connectivity index (χ1v) is 6.31. The van der Waals surface area contributed by atoms with Gasteiger partial charge in [-0.1, -0.05) is 12.1 Å². The molecule has 1 aliphatic rings. The van der Waals surface area contributed by atoms with Crippen LogP contribution in [0.25, 0.3) is 0 Å². The van der Waals surface area contributed by atoms with Crippen molar-refractivity contribution in [1.82, 2.24) is 9.97 Å². The van der Waals surface area contributed by atoms with Crippen LogP contribution in [0.15, 0.2) is 24.3 Å². The van der Waals surface area contributed by atoms with E-state index < -0.39 is 0 Å². The molecule has 0 saturated carbocycles. The highest BCUT2D eigenvalue weighted by molar-refractivity contribution is 5.30. The summed E-state index contributed by atoms with van der Waals surface area (Å²) < 4.78 is 0. The lowest BCUT2D eigenvalue weighted by molar-refractivity contribution is 0.474. The number of nitrogens with one attached hydrogen (secondary N) is 1. The van der Waals surface area contributed by atoms with E-state index in [1.807, 2.05) is 12.1 Å². The number of phenolic OH excluding ortho intramolecular Hbond substituents is 1. The number of imidazole rings is 1. The van der Waals surface area contributed by atoms with Crippen molar-refractivity contribution in [3.63, 3.8) is 0 Å². The normalized spacial score (nSPS) is 18.6. The molecule has 1 heterocycles. The number of fused-ring (bicyclic) bond motifs is 1. The lowest BCUT2D eigenvalue weighted by Crippen LogP contribution is -2.27. The molecule has 0 bridgehead atoms. The highest BCUT2D eigenvalue weighted by Crippen LogP contribution is 2.20. The number of aromatic amines is 1. The van der Waals surface area contributed by atoms with Crippen molar-refractivity contribution in [1.29, 1.82) is 0 Å². The van der Waals surface area contributed by atoms with Crippen LogP contribution < -0.4 is 5.73 Å². The summed E-state index contributed by atoms with van der Waals surface area (Å²) in [7, 11) is 0. The smallest absolute Gasteiger partial charge is 0.115 e. The van der Waals surface area contributed by atoms with Crippen LogP contribution in [-0.2, 0) is 19.3 Å². The van der Waals surface area contributed by atoms with Gasteiger partial charge < -0.3 is 15.8 Å². The third kappa shape index (κ3) is 2.24. The zero-order valence-corrected chi connectivity index (χ0v) is 10.2. The quantitative estimate of drug-likeness (QED) is 0.748. The predicted octanol–water partition coefficient (Wildman–Crippen LogP) is 1.52. The molecule has 0 radical (unpaired) electrons. The van der Waals surface area contributed by atoms with E-state index in [1.165, 1.54) is 5.69 Å². The summed E-state index contributed by atoms with van der Waals surface area (Å²) in [6.45, 7) is 0. The molecular weight excluding hydrogens is 226 g/mol. The van der Waals surface area contributed by atoms with Gasteiger partial charge >= 0.3 is 0 Å². The molecule has 0 fully saturated rings. The third-order valence-corrected chi connectivity index (χ3v) is 3.41. The molecule has 4 nitrogen and oxygen atoms in total. The van der Waals surface area contributed by atoms with Gasteiger partial charge in [0, 0.05) is 24.6 Å². The lowest BCUT2D eigenvalue weighted by Gasteiger charge is -2.15. The summed E-state index contributed by atoms with van der Waals surface area (Å²) in [5.41, 5.74) is 9.35. The first kappa shape index (κ1) is 11.3. The van der Waals surface area contributed by atoms with Crippen LogP contribution >= 0.6 is 0 Å². The molecule has 1 atom stereocenters. The minimum absolute atomic E-state index is 0.256. The minimum atomic E-state index is 0.256. The first-order chi connectivity index (χ1) is 8.70. The van der Waals surface area contributed by atoms with Crippen molar-refractivity contribution in [2.24, 2.45) is 5.73 Å². The number of rotatable bonds is 2. The monoisotopic (exact) mass is 243 g/mol. The van der Waals surface area contributed by atoms with Gasteiger partial charge in [-0.15, -0.1) is 0 Å². The van der Waals surface area contributed by atoms with Crippen LogP contribution in [0.1, 0.15) is 29.2 Å². The molecule has 0 amide bonds. The summed E-state index contributed by atoms with van der Waals surface area (Å²) in [6, 6.07) is 7.55. The highest BCUT2D eigenvalue weighted by Gasteiger charge is 2.19. The number of H-pyrrole nitrogens is 1. The van der Waals surface area contributed by atoms with E-state index in [1.54, 1.807) is 12.1 Å². The summed E-state index contributed by atoms with van der Waals surface area (Å²) in [6.07, 6.45) is 3.59. The fourth-order valence-electron chi connectivity index (χ4n) is 2.51. The number of aryl methyl sites for hydroxylation is 1. The standard InChI is InChI=1S/C14H17N3O/c15-10-4-5-12-13(8-10)17-14(16-12)7-9-2-1-3-11(18)6-9/h1-3,6,10,18H,4-5,7-8,15H2,(H,16,17). The van der Waals surface area contributed by atoms with Crippen LogP contribution in [0, 0.1) is 0 Å². The van der Waals surface area contributed by atoms with Gasteiger partial charge in [0.2, 0.25) is 0 Å². The van der Waals surface area contributed by atoms with E-state index in [-0.39, 0.29) is 6.04 Å². The van der Waals surface area contributed by atoms with Crippen molar-refractivity contribution in [3.05, 3.63) is 47.0 Å². The van der Waals surface area contributed by atoms with Crippen LogP contribution in [0.5, 0.6) is 5.75 Å².